The number of hydrogen-bond acceptors (Lipinski definition) is 4. The lowest BCUT2D eigenvalue weighted by Crippen LogP contribution is -2.52. The van der Waals surface area contributed by atoms with Crippen LogP contribution in [0.2, 0.25) is 0 Å². The van der Waals surface area contributed by atoms with Gasteiger partial charge >= 0.3 is 5.97 Å². The van der Waals surface area contributed by atoms with E-state index in [9.17, 15) is 14.4 Å². The summed E-state index contributed by atoms with van der Waals surface area (Å²) in [6.45, 7) is 3.47. The molecule has 0 aliphatic carbocycles. The summed E-state index contributed by atoms with van der Waals surface area (Å²) in [5, 5.41) is 10.7. The summed E-state index contributed by atoms with van der Waals surface area (Å²) in [6.07, 6.45) is -0.550. The van der Waals surface area contributed by atoms with Gasteiger partial charge in [0.05, 0.1) is 12.5 Å². The first kappa shape index (κ1) is 14.4. The molecule has 2 atom stereocenters. The van der Waals surface area contributed by atoms with Gasteiger partial charge in [-0.15, -0.1) is 0 Å². The Morgan fingerprint density at radius 2 is 1.81 bits per heavy atom. The maximum atomic E-state index is 11.4. The van der Waals surface area contributed by atoms with Crippen molar-refractivity contribution < 1.29 is 19.5 Å². The largest absolute Gasteiger partial charge is 0.481 e. The average molecular weight is 231 g/mol. The maximum Gasteiger partial charge on any atom is 0.305 e. The van der Waals surface area contributed by atoms with E-state index >= 15 is 0 Å². The molecule has 0 aliphatic rings. The molecule has 7 nitrogen and oxygen atoms in total. The van der Waals surface area contributed by atoms with Gasteiger partial charge in [0.1, 0.15) is 6.04 Å². The van der Waals surface area contributed by atoms with Gasteiger partial charge in [-0.2, -0.15) is 0 Å². The van der Waals surface area contributed by atoms with Crippen LogP contribution in [-0.2, 0) is 14.4 Å². The van der Waals surface area contributed by atoms with Crippen LogP contribution in [0.15, 0.2) is 0 Å². The molecule has 0 aromatic heterocycles. The van der Waals surface area contributed by atoms with E-state index in [4.69, 9.17) is 16.6 Å². The van der Waals surface area contributed by atoms with Gasteiger partial charge in [-0.05, 0) is 5.92 Å². The van der Waals surface area contributed by atoms with E-state index in [0.717, 1.165) is 0 Å². The molecule has 6 N–H and O–H groups in total. The second-order valence-electron chi connectivity index (χ2n) is 3.83. The minimum Gasteiger partial charge on any atom is -0.481 e. The minimum atomic E-state index is -1.23. The Balaban J connectivity index is 4.46. The van der Waals surface area contributed by atoms with Crippen LogP contribution >= 0.6 is 0 Å². The predicted molar refractivity (Wildman–Crippen MR) is 56.2 cm³/mol. The number of rotatable bonds is 6. The standard InChI is InChI=1S/C9H17N3O4/c1-4(2)7(10)9(16)12-5(8(11)15)3-6(13)14/h4-5,7H,3,10H2,1-2H3,(H2,11,15)(H,12,16)(H,13,14)/t5-,7+/m0/s1. The predicted octanol–water partition coefficient (Wildman–Crippen LogP) is -1.59. The maximum absolute atomic E-state index is 11.4. The van der Waals surface area contributed by atoms with Crippen LogP contribution in [0.25, 0.3) is 0 Å². The van der Waals surface area contributed by atoms with E-state index in [2.05, 4.69) is 5.32 Å². The molecule has 0 saturated heterocycles. The summed E-state index contributed by atoms with van der Waals surface area (Å²) >= 11 is 0. The molecule has 0 spiro atoms. The van der Waals surface area contributed by atoms with Gasteiger partial charge in [0.25, 0.3) is 0 Å². The van der Waals surface area contributed by atoms with Crippen LogP contribution in [-0.4, -0.2) is 35.0 Å². The quantitative estimate of drug-likeness (QED) is 0.437. The summed E-state index contributed by atoms with van der Waals surface area (Å²) in [5.74, 6) is -2.81. The topological polar surface area (TPSA) is 136 Å². The lowest BCUT2D eigenvalue weighted by Gasteiger charge is -2.19. The number of amides is 2. The fraction of sp³-hybridized carbons (Fsp3) is 0.667. The lowest BCUT2D eigenvalue weighted by molar-refractivity contribution is -0.140. The molecule has 0 aliphatic heterocycles. The Morgan fingerprint density at radius 3 is 2.12 bits per heavy atom. The Hall–Kier alpha value is -1.63. The molecule has 0 fully saturated rings. The molecule has 0 unspecified atom stereocenters. The molecule has 0 rings (SSSR count). The van der Waals surface area contributed by atoms with E-state index in [1.165, 1.54) is 0 Å². The molecule has 0 saturated carbocycles. The summed E-state index contributed by atoms with van der Waals surface area (Å²) in [4.78, 5) is 32.7. The molecule has 7 heteroatoms. The van der Waals surface area contributed by atoms with Crippen molar-refractivity contribution in [3.05, 3.63) is 0 Å². The zero-order valence-corrected chi connectivity index (χ0v) is 9.27. The third-order valence-corrected chi connectivity index (χ3v) is 2.06. The van der Waals surface area contributed by atoms with Crippen LogP contribution in [0.3, 0.4) is 0 Å². The second kappa shape index (κ2) is 6.06. The van der Waals surface area contributed by atoms with E-state index in [-0.39, 0.29) is 5.92 Å². The van der Waals surface area contributed by atoms with Crippen molar-refractivity contribution in [1.82, 2.24) is 5.32 Å². The Kier molecular flexibility index (Phi) is 5.44. The van der Waals surface area contributed by atoms with Gasteiger partial charge in [-0.3, -0.25) is 14.4 Å². The number of carbonyl (C=O) groups is 3. The molecule has 2 amide bonds. The Bertz CT molecular complexity index is 290. The number of carbonyl (C=O) groups excluding carboxylic acids is 2. The first-order valence-electron chi connectivity index (χ1n) is 4.82. The zero-order valence-electron chi connectivity index (χ0n) is 9.27. The molecule has 0 aromatic carbocycles. The normalized spacial score (nSPS) is 14.2. The summed E-state index contributed by atoms with van der Waals surface area (Å²) in [7, 11) is 0. The van der Waals surface area contributed by atoms with Crippen molar-refractivity contribution in [2.24, 2.45) is 17.4 Å². The molecule has 16 heavy (non-hydrogen) atoms. The van der Waals surface area contributed by atoms with Gasteiger partial charge in [0.15, 0.2) is 0 Å². The van der Waals surface area contributed by atoms with E-state index in [1.54, 1.807) is 13.8 Å². The van der Waals surface area contributed by atoms with Crippen LogP contribution in [0.1, 0.15) is 20.3 Å². The van der Waals surface area contributed by atoms with E-state index in [0.29, 0.717) is 0 Å². The number of carboxylic acids is 1. The first-order chi connectivity index (χ1) is 7.25. The van der Waals surface area contributed by atoms with Gasteiger partial charge in [-0.1, -0.05) is 13.8 Å². The molecular formula is C9H17N3O4. The Morgan fingerprint density at radius 1 is 1.31 bits per heavy atom. The average Bonchev–Trinajstić information content (AvgIpc) is 2.14. The van der Waals surface area contributed by atoms with Gasteiger partial charge < -0.3 is 21.9 Å². The van der Waals surface area contributed by atoms with Crippen LogP contribution < -0.4 is 16.8 Å². The fourth-order valence-corrected chi connectivity index (χ4v) is 0.968. The number of hydrogen-bond donors (Lipinski definition) is 4. The number of carboxylic acid groups (broad SMARTS) is 1. The smallest absolute Gasteiger partial charge is 0.305 e. The van der Waals surface area contributed by atoms with E-state index in [1.807, 2.05) is 0 Å². The fourth-order valence-electron chi connectivity index (χ4n) is 0.968. The van der Waals surface area contributed by atoms with E-state index < -0.39 is 36.3 Å². The third-order valence-electron chi connectivity index (χ3n) is 2.06. The second-order valence-corrected chi connectivity index (χ2v) is 3.83. The van der Waals surface area contributed by atoms with Crippen molar-refractivity contribution in [2.45, 2.75) is 32.4 Å². The molecule has 0 heterocycles. The lowest BCUT2D eigenvalue weighted by atomic mass is 10.0. The highest BCUT2D eigenvalue weighted by Gasteiger charge is 2.25. The zero-order chi connectivity index (χ0) is 12.9. The van der Waals surface area contributed by atoms with Crippen LogP contribution in [0, 0.1) is 5.92 Å². The van der Waals surface area contributed by atoms with Crippen molar-refractivity contribution in [3.8, 4) is 0 Å². The summed E-state index contributed by atoms with van der Waals surface area (Å²) < 4.78 is 0. The summed E-state index contributed by atoms with van der Waals surface area (Å²) in [5.41, 5.74) is 10.5. The number of primary amides is 1. The summed E-state index contributed by atoms with van der Waals surface area (Å²) in [6, 6.07) is -2.02. The third kappa shape index (κ3) is 4.74. The van der Waals surface area contributed by atoms with Crippen molar-refractivity contribution in [3.63, 3.8) is 0 Å². The minimum absolute atomic E-state index is 0.113. The molecular weight excluding hydrogens is 214 g/mol. The van der Waals surface area contributed by atoms with Gasteiger partial charge in [0.2, 0.25) is 11.8 Å². The Labute approximate surface area is 93.2 Å². The van der Waals surface area contributed by atoms with Crippen molar-refractivity contribution in [2.75, 3.05) is 0 Å². The highest BCUT2D eigenvalue weighted by Crippen LogP contribution is 2.00. The molecule has 0 bridgehead atoms. The van der Waals surface area contributed by atoms with Gasteiger partial charge in [0, 0.05) is 0 Å². The monoisotopic (exact) mass is 231 g/mol. The SMILES string of the molecule is CC(C)[C@@H](N)C(=O)N[C@@H](CC(=O)O)C(N)=O. The highest BCUT2D eigenvalue weighted by molar-refractivity contribution is 5.91. The molecule has 92 valence electrons. The van der Waals surface area contributed by atoms with Crippen LogP contribution in [0.5, 0.6) is 0 Å². The van der Waals surface area contributed by atoms with Gasteiger partial charge in [-0.25, -0.2) is 0 Å². The number of nitrogens with one attached hydrogen (secondary N) is 1. The van der Waals surface area contributed by atoms with Crippen molar-refractivity contribution >= 4 is 17.8 Å². The molecule has 0 radical (unpaired) electrons. The number of nitrogens with two attached hydrogens (primary N) is 2. The molecule has 0 aromatic rings. The highest BCUT2D eigenvalue weighted by atomic mass is 16.4. The van der Waals surface area contributed by atoms with Crippen LogP contribution in [0.4, 0.5) is 0 Å². The number of aliphatic carboxylic acids is 1. The first-order valence-corrected chi connectivity index (χ1v) is 4.82. The van der Waals surface area contributed by atoms with Crippen molar-refractivity contribution in [1.29, 1.82) is 0 Å².